The monoisotopic (exact) mass is 393 g/mol. The van der Waals surface area contributed by atoms with Gasteiger partial charge in [-0.25, -0.2) is 0 Å². The van der Waals surface area contributed by atoms with Crippen LogP contribution >= 0.6 is 0 Å². The van der Waals surface area contributed by atoms with Crippen molar-refractivity contribution >= 4 is 5.91 Å². The summed E-state index contributed by atoms with van der Waals surface area (Å²) in [4.78, 5) is 19.5. The minimum Gasteiger partial charge on any atom is -0.496 e. The van der Waals surface area contributed by atoms with E-state index in [0.717, 1.165) is 19.3 Å². The summed E-state index contributed by atoms with van der Waals surface area (Å²) in [6.07, 6.45) is 2.73. The number of carbonyl (C=O) groups is 1. The number of benzene rings is 2. The van der Waals surface area contributed by atoms with Crippen LogP contribution in [0.15, 0.2) is 53.1 Å². The van der Waals surface area contributed by atoms with Gasteiger partial charge >= 0.3 is 0 Å². The number of ether oxygens (including phenoxy) is 2. The van der Waals surface area contributed by atoms with Gasteiger partial charge in [0.05, 0.1) is 14.2 Å². The Morgan fingerprint density at radius 2 is 1.76 bits per heavy atom. The standard InChI is InChI=1S/C22H23N3O4/c1-27-17-12-8-13-18(28-2)19(17)20-23-21(29-24-20)16-11-6-7-14-25(16)22(26)15-9-4-3-5-10-15/h3-5,8-10,12-13,16H,6-7,11,14H2,1-2H3/t16-/m0/s1. The van der Waals surface area contributed by atoms with Crippen molar-refractivity contribution in [2.24, 2.45) is 0 Å². The second kappa shape index (κ2) is 8.34. The van der Waals surface area contributed by atoms with Crippen LogP contribution in [-0.4, -0.2) is 41.7 Å². The van der Waals surface area contributed by atoms with Gasteiger partial charge < -0.3 is 18.9 Å². The van der Waals surface area contributed by atoms with E-state index in [0.29, 0.717) is 40.9 Å². The van der Waals surface area contributed by atoms with Gasteiger partial charge in [-0.1, -0.05) is 29.4 Å². The molecule has 4 rings (SSSR count). The third kappa shape index (κ3) is 3.68. The summed E-state index contributed by atoms with van der Waals surface area (Å²) in [7, 11) is 3.17. The number of nitrogens with zero attached hydrogens (tertiary/aromatic N) is 3. The Morgan fingerprint density at radius 1 is 1.03 bits per heavy atom. The zero-order valence-corrected chi connectivity index (χ0v) is 16.5. The van der Waals surface area contributed by atoms with Gasteiger partial charge in [0.15, 0.2) is 0 Å². The van der Waals surface area contributed by atoms with Crippen LogP contribution in [0.4, 0.5) is 0 Å². The minimum atomic E-state index is -0.251. The smallest absolute Gasteiger partial charge is 0.254 e. The summed E-state index contributed by atoms with van der Waals surface area (Å²) in [5, 5.41) is 4.16. The van der Waals surface area contributed by atoms with Crippen molar-refractivity contribution in [3.8, 4) is 22.9 Å². The third-order valence-electron chi connectivity index (χ3n) is 5.16. The molecule has 0 N–H and O–H groups in total. The van der Waals surface area contributed by atoms with Crippen LogP contribution in [-0.2, 0) is 0 Å². The van der Waals surface area contributed by atoms with Gasteiger partial charge in [0.1, 0.15) is 23.1 Å². The van der Waals surface area contributed by atoms with Crippen molar-refractivity contribution in [1.29, 1.82) is 0 Å². The zero-order chi connectivity index (χ0) is 20.2. The Morgan fingerprint density at radius 3 is 2.45 bits per heavy atom. The van der Waals surface area contributed by atoms with Crippen LogP contribution in [0.5, 0.6) is 11.5 Å². The quantitative estimate of drug-likeness (QED) is 0.649. The van der Waals surface area contributed by atoms with Gasteiger partial charge in [-0.3, -0.25) is 4.79 Å². The SMILES string of the molecule is COc1cccc(OC)c1-c1noc([C@@H]2CCCCN2C(=O)c2ccccc2)n1. The average Bonchev–Trinajstić information content (AvgIpc) is 3.28. The van der Waals surface area contributed by atoms with Crippen LogP contribution in [0.1, 0.15) is 41.6 Å². The molecule has 1 fully saturated rings. The first-order valence-electron chi connectivity index (χ1n) is 9.64. The van der Waals surface area contributed by atoms with Crippen LogP contribution in [0.2, 0.25) is 0 Å². The largest absolute Gasteiger partial charge is 0.496 e. The van der Waals surface area contributed by atoms with E-state index in [1.54, 1.807) is 14.2 Å². The molecule has 0 radical (unpaired) electrons. The predicted octanol–water partition coefficient (Wildman–Crippen LogP) is 4.12. The fourth-order valence-electron chi connectivity index (χ4n) is 3.72. The van der Waals surface area contributed by atoms with Gasteiger partial charge in [0.2, 0.25) is 11.7 Å². The number of rotatable bonds is 5. The molecule has 2 aromatic carbocycles. The number of hydrogen-bond donors (Lipinski definition) is 0. The molecule has 1 aliphatic heterocycles. The lowest BCUT2D eigenvalue weighted by Crippen LogP contribution is -2.38. The first-order chi connectivity index (χ1) is 14.2. The molecular weight excluding hydrogens is 370 g/mol. The molecule has 1 aliphatic rings. The fraction of sp³-hybridized carbons (Fsp3) is 0.318. The minimum absolute atomic E-state index is 0.0232. The molecule has 1 amide bonds. The highest BCUT2D eigenvalue weighted by Crippen LogP contribution is 2.38. The third-order valence-corrected chi connectivity index (χ3v) is 5.16. The molecule has 150 valence electrons. The van der Waals surface area contributed by atoms with E-state index in [1.807, 2.05) is 53.4 Å². The first kappa shape index (κ1) is 19.0. The number of piperidine rings is 1. The van der Waals surface area contributed by atoms with Gasteiger partial charge in [-0.2, -0.15) is 4.98 Å². The molecule has 7 heteroatoms. The van der Waals surface area contributed by atoms with E-state index in [2.05, 4.69) is 10.1 Å². The number of amides is 1. The van der Waals surface area contributed by atoms with Gasteiger partial charge in [-0.15, -0.1) is 0 Å². The van der Waals surface area contributed by atoms with Crippen molar-refractivity contribution in [1.82, 2.24) is 15.0 Å². The van der Waals surface area contributed by atoms with Crippen LogP contribution in [0.25, 0.3) is 11.4 Å². The molecule has 0 spiro atoms. The average molecular weight is 393 g/mol. The lowest BCUT2D eigenvalue weighted by atomic mass is 10.0. The fourth-order valence-corrected chi connectivity index (χ4v) is 3.72. The Kier molecular flexibility index (Phi) is 5.46. The van der Waals surface area contributed by atoms with E-state index in [4.69, 9.17) is 14.0 Å². The van der Waals surface area contributed by atoms with Crippen LogP contribution in [0, 0.1) is 0 Å². The molecule has 0 saturated carbocycles. The molecule has 7 nitrogen and oxygen atoms in total. The second-order valence-corrected chi connectivity index (χ2v) is 6.87. The highest BCUT2D eigenvalue weighted by atomic mass is 16.5. The summed E-state index contributed by atoms with van der Waals surface area (Å²) in [5.74, 6) is 1.98. The molecule has 0 unspecified atom stereocenters. The van der Waals surface area contributed by atoms with Crippen molar-refractivity contribution in [3.05, 3.63) is 60.0 Å². The van der Waals surface area contributed by atoms with Crippen LogP contribution in [0.3, 0.4) is 0 Å². The van der Waals surface area contributed by atoms with E-state index >= 15 is 0 Å². The van der Waals surface area contributed by atoms with Gasteiger partial charge in [-0.05, 0) is 43.5 Å². The molecule has 0 aliphatic carbocycles. The maximum atomic E-state index is 13.1. The second-order valence-electron chi connectivity index (χ2n) is 6.87. The molecule has 1 aromatic heterocycles. The number of hydrogen-bond acceptors (Lipinski definition) is 6. The maximum absolute atomic E-state index is 13.1. The number of carbonyl (C=O) groups excluding carboxylic acids is 1. The van der Waals surface area contributed by atoms with Crippen molar-refractivity contribution in [3.63, 3.8) is 0 Å². The summed E-state index contributed by atoms with van der Waals surface area (Å²) in [6, 6.07) is 14.5. The zero-order valence-electron chi connectivity index (χ0n) is 16.5. The molecule has 29 heavy (non-hydrogen) atoms. The lowest BCUT2D eigenvalue weighted by Gasteiger charge is -2.33. The van der Waals surface area contributed by atoms with E-state index in [-0.39, 0.29) is 11.9 Å². The predicted molar refractivity (Wildman–Crippen MR) is 107 cm³/mol. The summed E-state index contributed by atoms with van der Waals surface area (Å²) in [6.45, 7) is 0.661. The molecule has 1 saturated heterocycles. The van der Waals surface area contributed by atoms with E-state index in [9.17, 15) is 4.79 Å². The Labute approximate surface area is 169 Å². The highest BCUT2D eigenvalue weighted by molar-refractivity contribution is 5.94. The normalized spacial score (nSPS) is 16.5. The molecule has 0 bridgehead atoms. The lowest BCUT2D eigenvalue weighted by molar-refractivity contribution is 0.0561. The van der Waals surface area contributed by atoms with E-state index in [1.165, 1.54) is 0 Å². The van der Waals surface area contributed by atoms with Gasteiger partial charge in [0, 0.05) is 12.1 Å². The van der Waals surface area contributed by atoms with Crippen molar-refractivity contribution in [2.75, 3.05) is 20.8 Å². The van der Waals surface area contributed by atoms with Crippen molar-refractivity contribution in [2.45, 2.75) is 25.3 Å². The van der Waals surface area contributed by atoms with Crippen molar-refractivity contribution < 1.29 is 18.8 Å². The first-order valence-corrected chi connectivity index (χ1v) is 9.64. The molecular formula is C22H23N3O4. The summed E-state index contributed by atoms with van der Waals surface area (Å²) >= 11 is 0. The topological polar surface area (TPSA) is 77.7 Å². The Bertz CT molecular complexity index is 964. The molecule has 2 heterocycles. The number of methoxy groups -OCH3 is 2. The molecule has 1 atom stereocenters. The van der Waals surface area contributed by atoms with E-state index < -0.39 is 0 Å². The maximum Gasteiger partial charge on any atom is 0.254 e. The van der Waals surface area contributed by atoms with Gasteiger partial charge in [0.25, 0.3) is 5.91 Å². The summed E-state index contributed by atoms with van der Waals surface area (Å²) in [5.41, 5.74) is 1.29. The number of likely N-dealkylation sites (tertiary alicyclic amines) is 1. The Hall–Kier alpha value is -3.35. The number of aromatic nitrogens is 2. The summed E-state index contributed by atoms with van der Waals surface area (Å²) < 4.78 is 16.5. The van der Waals surface area contributed by atoms with Crippen LogP contribution < -0.4 is 9.47 Å². The molecule has 3 aromatic rings. The highest BCUT2D eigenvalue weighted by Gasteiger charge is 2.33. The Balaban J connectivity index is 1.67.